The van der Waals surface area contributed by atoms with Crippen molar-refractivity contribution in [3.05, 3.63) is 16.5 Å². The van der Waals surface area contributed by atoms with Crippen LogP contribution in [-0.4, -0.2) is 32.2 Å². The summed E-state index contributed by atoms with van der Waals surface area (Å²) in [6.45, 7) is 4.00. The summed E-state index contributed by atoms with van der Waals surface area (Å²) in [5, 5.41) is 3.21. The summed E-state index contributed by atoms with van der Waals surface area (Å²) in [7, 11) is -0.799. The maximum absolute atomic E-state index is 11.1. The van der Waals surface area contributed by atoms with Crippen molar-refractivity contribution in [3.63, 3.8) is 0 Å². The summed E-state index contributed by atoms with van der Waals surface area (Å²) >= 11 is 3.34. The Bertz CT molecular complexity index is 386. The Kier molecular flexibility index (Phi) is 5.34. The van der Waals surface area contributed by atoms with Gasteiger partial charge in [0.25, 0.3) is 0 Å². The van der Waals surface area contributed by atoms with E-state index in [4.69, 9.17) is 0 Å². The molecule has 1 aromatic heterocycles. The number of nitrogens with zero attached hydrogens (tertiary/aromatic N) is 2. The molecular formula is C10H16BrN3OS. The number of rotatable bonds is 5. The molecule has 0 radical (unpaired) electrons. The largest absolute Gasteiger partial charge is 0.367 e. The number of hydrogen-bond donors (Lipinski definition) is 1. The summed E-state index contributed by atoms with van der Waals surface area (Å²) < 4.78 is 11.8. The maximum Gasteiger partial charge on any atom is 0.131 e. The first-order chi connectivity index (χ1) is 7.51. The van der Waals surface area contributed by atoms with Gasteiger partial charge in [-0.05, 0) is 22.9 Å². The van der Waals surface area contributed by atoms with Crippen LogP contribution in [-0.2, 0) is 17.2 Å². The maximum atomic E-state index is 11.1. The van der Waals surface area contributed by atoms with Gasteiger partial charge >= 0.3 is 0 Å². The summed E-state index contributed by atoms with van der Waals surface area (Å²) in [5.41, 5.74) is 0. The minimum Gasteiger partial charge on any atom is -0.367 e. The molecule has 90 valence electrons. The van der Waals surface area contributed by atoms with Gasteiger partial charge in [-0.2, -0.15) is 0 Å². The van der Waals surface area contributed by atoms with E-state index in [0.29, 0.717) is 5.75 Å². The molecule has 0 saturated heterocycles. The van der Waals surface area contributed by atoms with Crippen LogP contribution in [0.5, 0.6) is 0 Å². The molecule has 0 fully saturated rings. The predicted molar refractivity (Wildman–Crippen MR) is 71.1 cm³/mol. The summed E-state index contributed by atoms with van der Waals surface area (Å²) in [5.74, 6) is 2.18. The molecule has 1 rings (SSSR count). The standard InChI is InChI=1S/C10H16BrN3OS/c1-4-9-13-8(11)5-10(14-9)12-7(2)6-16(3)15/h5,7H,4,6H2,1-3H3,(H,12,13,14). The quantitative estimate of drug-likeness (QED) is 0.845. The lowest BCUT2D eigenvalue weighted by Gasteiger charge is -2.13. The normalized spacial score (nSPS) is 14.5. The number of hydrogen-bond acceptors (Lipinski definition) is 4. The molecule has 2 atom stereocenters. The molecule has 2 unspecified atom stereocenters. The van der Waals surface area contributed by atoms with E-state index in [2.05, 4.69) is 31.2 Å². The first-order valence-electron chi connectivity index (χ1n) is 5.11. The summed E-state index contributed by atoms with van der Waals surface area (Å²) in [4.78, 5) is 8.57. The lowest BCUT2D eigenvalue weighted by Crippen LogP contribution is -2.23. The van der Waals surface area contributed by atoms with Gasteiger partial charge in [0.1, 0.15) is 16.2 Å². The average molecular weight is 306 g/mol. The molecule has 1 aromatic rings. The number of nitrogens with one attached hydrogen (secondary N) is 1. The lowest BCUT2D eigenvalue weighted by molar-refractivity contribution is 0.682. The van der Waals surface area contributed by atoms with E-state index in [0.717, 1.165) is 22.7 Å². The zero-order valence-corrected chi connectivity index (χ0v) is 12.1. The average Bonchev–Trinajstić information content (AvgIpc) is 2.14. The van der Waals surface area contributed by atoms with Gasteiger partial charge in [-0.25, -0.2) is 9.97 Å². The molecular weight excluding hydrogens is 290 g/mol. The van der Waals surface area contributed by atoms with Gasteiger partial charge in [0, 0.05) is 41.3 Å². The molecule has 6 heteroatoms. The third-order valence-electron chi connectivity index (χ3n) is 1.94. The summed E-state index contributed by atoms with van der Waals surface area (Å²) in [6, 6.07) is 1.96. The van der Waals surface area contributed by atoms with Crippen LogP contribution in [0.3, 0.4) is 0 Å². The Labute approximate surface area is 107 Å². The van der Waals surface area contributed by atoms with Crippen LogP contribution in [0.25, 0.3) is 0 Å². The van der Waals surface area contributed by atoms with E-state index >= 15 is 0 Å². The first kappa shape index (κ1) is 13.6. The fourth-order valence-corrected chi connectivity index (χ4v) is 2.55. The number of aryl methyl sites for hydroxylation is 1. The minimum atomic E-state index is -0.799. The van der Waals surface area contributed by atoms with E-state index in [1.165, 1.54) is 0 Å². The molecule has 0 aliphatic rings. The number of halogens is 1. The second kappa shape index (κ2) is 6.30. The van der Waals surface area contributed by atoms with Crippen molar-refractivity contribution in [1.29, 1.82) is 0 Å². The van der Waals surface area contributed by atoms with E-state index in [1.807, 2.05) is 19.9 Å². The van der Waals surface area contributed by atoms with Gasteiger partial charge in [-0.3, -0.25) is 4.21 Å². The van der Waals surface area contributed by atoms with Crippen molar-refractivity contribution in [2.75, 3.05) is 17.3 Å². The highest BCUT2D eigenvalue weighted by atomic mass is 79.9. The number of anilines is 1. The molecule has 1 N–H and O–H groups in total. The lowest BCUT2D eigenvalue weighted by atomic mass is 10.4. The van der Waals surface area contributed by atoms with Gasteiger partial charge in [0.2, 0.25) is 0 Å². The van der Waals surface area contributed by atoms with Gasteiger partial charge in [0.15, 0.2) is 0 Å². The van der Waals surface area contributed by atoms with Crippen LogP contribution in [0.4, 0.5) is 5.82 Å². The Morgan fingerprint density at radius 1 is 1.56 bits per heavy atom. The topological polar surface area (TPSA) is 54.9 Å². The predicted octanol–water partition coefficient (Wildman–Crippen LogP) is 1.98. The van der Waals surface area contributed by atoms with Crippen molar-refractivity contribution in [3.8, 4) is 0 Å². The van der Waals surface area contributed by atoms with Crippen LogP contribution >= 0.6 is 15.9 Å². The Morgan fingerprint density at radius 2 is 2.25 bits per heavy atom. The van der Waals surface area contributed by atoms with Crippen LogP contribution < -0.4 is 5.32 Å². The second-order valence-electron chi connectivity index (χ2n) is 3.63. The van der Waals surface area contributed by atoms with Crippen LogP contribution in [0.1, 0.15) is 19.7 Å². The van der Waals surface area contributed by atoms with E-state index in [-0.39, 0.29) is 6.04 Å². The fourth-order valence-electron chi connectivity index (χ4n) is 1.34. The van der Waals surface area contributed by atoms with Crippen LogP contribution in [0.15, 0.2) is 10.7 Å². The van der Waals surface area contributed by atoms with E-state index < -0.39 is 10.8 Å². The van der Waals surface area contributed by atoms with Crippen molar-refractivity contribution in [2.45, 2.75) is 26.3 Å². The van der Waals surface area contributed by atoms with Crippen molar-refractivity contribution < 1.29 is 4.21 Å². The molecule has 0 saturated carbocycles. The highest BCUT2D eigenvalue weighted by Crippen LogP contribution is 2.13. The molecule has 0 spiro atoms. The highest BCUT2D eigenvalue weighted by molar-refractivity contribution is 9.10. The molecule has 0 aromatic carbocycles. The molecule has 0 bridgehead atoms. The van der Waals surface area contributed by atoms with Crippen LogP contribution in [0, 0.1) is 0 Å². The van der Waals surface area contributed by atoms with Gasteiger partial charge < -0.3 is 5.32 Å². The Hall–Kier alpha value is -0.490. The minimum absolute atomic E-state index is 0.136. The van der Waals surface area contributed by atoms with Crippen molar-refractivity contribution >= 4 is 32.5 Å². The zero-order chi connectivity index (χ0) is 12.1. The molecule has 16 heavy (non-hydrogen) atoms. The van der Waals surface area contributed by atoms with Gasteiger partial charge in [-0.1, -0.05) is 6.92 Å². The van der Waals surface area contributed by atoms with Gasteiger partial charge in [-0.15, -0.1) is 0 Å². The third-order valence-corrected chi connectivity index (χ3v) is 3.31. The molecule has 0 aliphatic heterocycles. The van der Waals surface area contributed by atoms with Crippen LogP contribution in [0.2, 0.25) is 0 Å². The van der Waals surface area contributed by atoms with Gasteiger partial charge in [0.05, 0.1) is 0 Å². The molecule has 4 nitrogen and oxygen atoms in total. The number of aromatic nitrogens is 2. The Morgan fingerprint density at radius 3 is 2.81 bits per heavy atom. The molecule has 1 heterocycles. The zero-order valence-electron chi connectivity index (χ0n) is 9.66. The SMILES string of the molecule is CCc1nc(Br)cc(NC(C)CS(C)=O)n1. The third kappa shape index (κ3) is 4.57. The Balaban J connectivity index is 2.72. The van der Waals surface area contributed by atoms with E-state index in [9.17, 15) is 4.21 Å². The summed E-state index contributed by atoms with van der Waals surface area (Å²) in [6.07, 6.45) is 2.49. The second-order valence-corrected chi connectivity index (χ2v) is 5.92. The molecule has 0 amide bonds. The van der Waals surface area contributed by atoms with E-state index in [1.54, 1.807) is 6.26 Å². The molecule has 0 aliphatic carbocycles. The van der Waals surface area contributed by atoms with Crippen molar-refractivity contribution in [1.82, 2.24) is 9.97 Å². The monoisotopic (exact) mass is 305 g/mol. The fraction of sp³-hybridized carbons (Fsp3) is 0.600. The highest BCUT2D eigenvalue weighted by Gasteiger charge is 2.07. The first-order valence-corrected chi connectivity index (χ1v) is 7.63. The van der Waals surface area contributed by atoms with Crippen molar-refractivity contribution in [2.24, 2.45) is 0 Å². The smallest absolute Gasteiger partial charge is 0.131 e.